The van der Waals surface area contributed by atoms with Gasteiger partial charge < -0.3 is 10.1 Å². The number of benzene rings is 1. The summed E-state index contributed by atoms with van der Waals surface area (Å²) in [5.41, 5.74) is 1.52. The number of nitrogens with one attached hydrogen (secondary N) is 2. The number of hydrogen-bond acceptors (Lipinski definition) is 5. The van der Waals surface area contributed by atoms with Crippen molar-refractivity contribution in [3.63, 3.8) is 0 Å². The Morgan fingerprint density at radius 1 is 1.16 bits per heavy atom. The minimum atomic E-state index is -1.22. The minimum absolute atomic E-state index is 0.470. The molecule has 0 unspecified atom stereocenters. The summed E-state index contributed by atoms with van der Waals surface area (Å²) in [6, 6.07) is 9.77. The Kier molecular flexibility index (Phi) is 6.47. The lowest BCUT2D eigenvalue weighted by atomic mass is 10.1. The van der Waals surface area contributed by atoms with E-state index in [-0.39, 0.29) is 0 Å². The maximum absolute atomic E-state index is 12.3. The third-order valence-corrected chi connectivity index (χ3v) is 4.29. The van der Waals surface area contributed by atoms with Crippen LogP contribution in [0.25, 0.3) is 6.08 Å². The number of imide groups is 1. The van der Waals surface area contributed by atoms with Crippen molar-refractivity contribution >= 4 is 35.3 Å². The second-order valence-electron chi connectivity index (χ2n) is 5.10. The molecule has 0 spiro atoms. The van der Waals surface area contributed by atoms with Crippen LogP contribution >= 0.6 is 11.3 Å². The Labute approximate surface area is 149 Å². The van der Waals surface area contributed by atoms with Gasteiger partial charge >= 0.3 is 12.0 Å². The van der Waals surface area contributed by atoms with Gasteiger partial charge in [-0.1, -0.05) is 30.3 Å². The van der Waals surface area contributed by atoms with E-state index in [4.69, 9.17) is 4.74 Å². The predicted molar refractivity (Wildman–Crippen MR) is 96.0 cm³/mol. The average Bonchev–Trinajstić information content (AvgIpc) is 3.03. The summed E-state index contributed by atoms with van der Waals surface area (Å²) in [5.74, 6) is -1.40. The zero-order chi connectivity index (χ0) is 18.2. The summed E-state index contributed by atoms with van der Waals surface area (Å²) < 4.78 is 5.27. The first-order valence-corrected chi connectivity index (χ1v) is 8.39. The molecule has 0 aliphatic carbocycles. The van der Waals surface area contributed by atoms with Crippen LogP contribution < -0.4 is 10.6 Å². The van der Waals surface area contributed by atoms with Gasteiger partial charge in [-0.3, -0.25) is 10.1 Å². The van der Waals surface area contributed by atoms with Crippen LogP contribution in [0.1, 0.15) is 22.1 Å². The molecule has 1 atom stereocenters. The van der Waals surface area contributed by atoms with Crippen LogP contribution in [0.2, 0.25) is 0 Å². The maximum Gasteiger partial charge on any atom is 0.331 e. The van der Waals surface area contributed by atoms with Gasteiger partial charge in [-0.25, -0.2) is 9.59 Å². The second-order valence-corrected chi connectivity index (χ2v) is 6.04. The number of amides is 3. The standard InChI is InChI=1S/C18H18N2O4S/c1-12-10-11-25-14(12)8-9-15(21)24-16(13-6-4-3-5-7-13)17(22)20-18(23)19-2/h3-11,16H,1-2H3,(H2,19,20,22,23)/b9-8+/t16-/m0/s1. The van der Waals surface area contributed by atoms with Gasteiger partial charge in [-0.2, -0.15) is 0 Å². The number of esters is 1. The molecule has 0 saturated carbocycles. The van der Waals surface area contributed by atoms with Gasteiger partial charge in [0.25, 0.3) is 5.91 Å². The van der Waals surface area contributed by atoms with Gasteiger partial charge in [-0.05, 0) is 30.0 Å². The van der Waals surface area contributed by atoms with Crippen molar-refractivity contribution in [3.8, 4) is 0 Å². The van der Waals surface area contributed by atoms with E-state index >= 15 is 0 Å². The van der Waals surface area contributed by atoms with Crippen LogP contribution in [-0.2, 0) is 14.3 Å². The molecule has 3 amide bonds. The largest absolute Gasteiger partial charge is 0.444 e. The topological polar surface area (TPSA) is 84.5 Å². The lowest BCUT2D eigenvalue weighted by molar-refractivity contribution is -0.151. The van der Waals surface area contributed by atoms with Crippen LogP contribution in [0.15, 0.2) is 47.9 Å². The first-order chi connectivity index (χ1) is 12.0. The highest BCUT2D eigenvalue weighted by Crippen LogP contribution is 2.20. The van der Waals surface area contributed by atoms with Crippen LogP contribution in [0.4, 0.5) is 4.79 Å². The molecule has 2 rings (SSSR count). The molecule has 0 aliphatic heterocycles. The zero-order valence-corrected chi connectivity index (χ0v) is 14.6. The SMILES string of the molecule is CNC(=O)NC(=O)[C@@H](OC(=O)/C=C/c1sccc1C)c1ccccc1. The van der Waals surface area contributed by atoms with E-state index in [1.54, 1.807) is 36.4 Å². The van der Waals surface area contributed by atoms with Gasteiger partial charge in [0.05, 0.1) is 0 Å². The molecule has 1 heterocycles. The number of carbonyl (C=O) groups excluding carboxylic acids is 3. The van der Waals surface area contributed by atoms with E-state index in [9.17, 15) is 14.4 Å². The summed E-state index contributed by atoms with van der Waals surface area (Å²) in [7, 11) is 1.39. The van der Waals surface area contributed by atoms with Gasteiger partial charge in [0.2, 0.25) is 6.10 Å². The molecule has 6 nitrogen and oxygen atoms in total. The van der Waals surface area contributed by atoms with Gasteiger partial charge in [-0.15, -0.1) is 11.3 Å². The molecule has 7 heteroatoms. The van der Waals surface area contributed by atoms with Crippen molar-refractivity contribution in [2.75, 3.05) is 7.05 Å². The molecular weight excluding hydrogens is 340 g/mol. The monoisotopic (exact) mass is 358 g/mol. The smallest absolute Gasteiger partial charge is 0.331 e. The lowest BCUT2D eigenvalue weighted by Gasteiger charge is -2.16. The summed E-state index contributed by atoms with van der Waals surface area (Å²) in [5, 5.41) is 6.33. The van der Waals surface area contributed by atoms with Crippen LogP contribution in [0.5, 0.6) is 0 Å². The fraction of sp³-hybridized carbons (Fsp3) is 0.167. The number of carbonyl (C=O) groups is 3. The van der Waals surface area contributed by atoms with E-state index in [0.717, 1.165) is 10.4 Å². The number of hydrogen-bond donors (Lipinski definition) is 2. The summed E-state index contributed by atoms with van der Waals surface area (Å²) in [4.78, 5) is 36.7. The average molecular weight is 358 g/mol. The number of rotatable bonds is 5. The second kappa shape index (κ2) is 8.79. The highest BCUT2D eigenvalue weighted by Gasteiger charge is 2.25. The molecule has 1 aromatic heterocycles. The Morgan fingerprint density at radius 2 is 1.88 bits per heavy atom. The zero-order valence-electron chi connectivity index (χ0n) is 13.8. The van der Waals surface area contributed by atoms with Crippen LogP contribution in [-0.4, -0.2) is 25.0 Å². The Balaban J connectivity index is 2.14. The van der Waals surface area contributed by atoms with E-state index < -0.39 is 24.0 Å². The fourth-order valence-electron chi connectivity index (χ4n) is 2.00. The summed E-state index contributed by atoms with van der Waals surface area (Å²) in [6.07, 6.45) is 1.68. The minimum Gasteiger partial charge on any atom is -0.444 e. The van der Waals surface area contributed by atoms with Crippen molar-refractivity contribution in [2.45, 2.75) is 13.0 Å². The molecule has 0 saturated heterocycles. The van der Waals surface area contributed by atoms with Crippen LogP contribution in [0.3, 0.4) is 0 Å². The van der Waals surface area contributed by atoms with Crippen molar-refractivity contribution in [3.05, 3.63) is 63.9 Å². The first-order valence-electron chi connectivity index (χ1n) is 7.51. The molecule has 2 aromatic rings. The highest BCUT2D eigenvalue weighted by molar-refractivity contribution is 7.11. The summed E-state index contributed by atoms with van der Waals surface area (Å²) >= 11 is 1.50. The molecule has 0 aliphatic rings. The van der Waals surface area contributed by atoms with E-state index in [0.29, 0.717) is 5.56 Å². The maximum atomic E-state index is 12.3. The normalized spacial score (nSPS) is 11.8. The van der Waals surface area contributed by atoms with Crippen LogP contribution in [0, 0.1) is 6.92 Å². The molecular formula is C18H18N2O4S. The predicted octanol–water partition coefficient (Wildman–Crippen LogP) is 2.81. The molecule has 0 radical (unpaired) electrons. The number of thiophene rings is 1. The van der Waals surface area contributed by atoms with E-state index in [1.165, 1.54) is 24.5 Å². The summed E-state index contributed by atoms with van der Waals surface area (Å²) in [6.45, 7) is 1.94. The Bertz CT molecular complexity index is 783. The van der Waals surface area contributed by atoms with Gasteiger partial charge in [0.15, 0.2) is 0 Å². The molecule has 1 aromatic carbocycles. The van der Waals surface area contributed by atoms with Gasteiger partial charge in [0.1, 0.15) is 0 Å². The van der Waals surface area contributed by atoms with Gasteiger partial charge in [0, 0.05) is 23.6 Å². The Hall–Kier alpha value is -2.93. The molecule has 130 valence electrons. The third kappa shape index (κ3) is 5.29. The number of ether oxygens (including phenoxy) is 1. The molecule has 0 bridgehead atoms. The van der Waals surface area contributed by atoms with Crippen molar-refractivity contribution in [1.29, 1.82) is 0 Å². The van der Waals surface area contributed by atoms with Crippen molar-refractivity contribution in [1.82, 2.24) is 10.6 Å². The quantitative estimate of drug-likeness (QED) is 0.636. The first kappa shape index (κ1) is 18.4. The third-order valence-electron chi connectivity index (χ3n) is 3.31. The molecule has 2 N–H and O–H groups in total. The lowest BCUT2D eigenvalue weighted by Crippen LogP contribution is -2.41. The number of aryl methyl sites for hydroxylation is 1. The fourth-order valence-corrected chi connectivity index (χ4v) is 2.81. The van der Waals surface area contributed by atoms with E-state index in [2.05, 4.69) is 10.6 Å². The molecule has 0 fully saturated rings. The number of urea groups is 1. The van der Waals surface area contributed by atoms with Crippen molar-refractivity contribution in [2.24, 2.45) is 0 Å². The Morgan fingerprint density at radius 3 is 2.48 bits per heavy atom. The van der Waals surface area contributed by atoms with E-state index in [1.807, 2.05) is 18.4 Å². The highest BCUT2D eigenvalue weighted by atomic mass is 32.1. The molecule has 25 heavy (non-hydrogen) atoms. The van der Waals surface area contributed by atoms with Crippen molar-refractivity contribution < 1.29 is 19.1 Å².